The van der Waals surface area contributed by atoms with E-state index in [9.17, 15) is 0 Å². The molecule has 0 fully saturated rings. The minimum atomic E-state index is 0.602. The number of hydrogen-bond donors (Lipinski definition) is 1. The minimum Gasteiger partial charge on any atom is -0.492 e. The smallest absolute Gasteiger partial charge is 0.123 e. The summed E-state index contributed by atoms with van der Waals surface area (Å²) in [5.41, 5.74) is 9.40. The standard InChI is InChI=1S/C17H20N2O/c18-11-14-5-7-15(8-6-14)12-19-9-10-20-17-4-2-1-3-16(17)13-19/h1-8H,9-13,18H2. The van der Waals surface area contributed by atoms with Gasteiger partial charge in [0.25, 0.3) is 0 Å². The van der Waals surface area contributed by atoms with Gasteiger partial charge in [0.15, 0.2) is 0 Å². The highest BCUT2D eigenvalue weighted by atomic mass is 16.5. The number of nitrogens with two attached hydrogens (primary N) is 1. The fourth-order valence-corrected chi connectivity index (χ4v) is 2.55. The molecule has 1 heterocycles. The summed E-state index contributed by atoms with van der Waals surface area (Å²) in [4.78, 5) is 2.42. The van der Waals surface area contributed by atoms with Crippen molar-refractivity contribution in [2.75, 3.05) is 13.2 Å². The van der Waals surface area contributed by atoms with Gasteiger partial charge in [0.2, 0.25) is 0 Å². The lowest BCUT2D eigenvalue weighted by atomic mass is 10.1. The number of rotatable bonds is 3. The Hall–Kier alpha value is -1.84. The Morgan fingerprint density at radius 2 is 1.75 bits per heavy atom. The lowest BCUT2D eigenvalue weighted by molar-refractivity contribution is 0.219. The van der Waals surface area contributed by atoms with Crippen LogP contribution in [0.25, 0.3) is 0 Å². The number of para-hydroxylation sites is 1. The van der Waals surface area contributed by atoms with Gasteiger partial charge in [-0.2, -0.15) is 0 Å². The SMILES string of the molecule is NCc1ccc(CN2CCOc3ccccc3C2)cc1. The van der Waals surface area contributed by atoms with E-state index < -0.39 is 0 Å². The van der Waals surface area contributed by atoms with E-state index in [1.54, 1.807) is 0 Å². The second kappa shape index (κ2) is 6.07. The number of ether oxygens (including phenoxy) is 1. The van der Waals surface area contributed by atoms with E-state index in [2.05, 4.69) is 47.4 Å². The molecule has 0 saturated heterocycles. The molecular formula is C17H20N2O. The Kier molecular flexibility index (Phi) is 4.00. The van der Waals surface area contributed by atoms with Gasteiger partial charge < -0.3 is 10.5 Å². The number of benzene rings is 2. The lowest BCUT2D eigenvalue weighted by Crippen LogP contribution is -2.25. The summed E-state index contributed by atoms with van der Waals surface area (Å²) in [6, 6.07) is 16.8. The number of nitrogens with zero attached hydrogens (tertiary/aromatic N) is 1. The van der Waals surface area contributed by atoms with Crippen molar-refractivity contribution >= 4 is 0 Å². The zero-order valence-corrected chi connectivity index (χ0v) is 11.6. The van der Waals surface area contributed by atoms with Crippen LogP contribution < -0.4 is 10.5 Å². The van der Waals surface area contributed by atoms with Crippen LogP contribution in [0.2, 0.25) is 0 Å². The van der Waals surface area contributed by atoms with E-state index in [0.717, 1.165) is 32.0 Å². The molecule has 2 N–H and O–H groups in total. The molecular weight excluding hydrogens is 248 g/mol. The molecule has 20 heavy (non-hydrogen) atoms. The summed E-state index contributed by atoms with van der Waals surface area (Å²) in [6.07, 6.45) is 0. The largest absolute Gasteiger partial charge is 0.492 e. The van der Waals surface area contributed by atoms with E-state index in [1.807, 2.05) is 6.07 Å². The predicted octanol–water partition coefficient (Wildman–Crippen LogP) is 2.54. The van der Waals surface area contributed by atoms with Gasteiger partial charge in [0, 0.05) is 31.7 Å². The molecule has 0 saturated carbocycles. The van der Waals surface area contributed by atoms with Crippen LogP contribution in [0.15, 0.2) is 48.5 Å². The van der Waals surface area contributed by atoms with Gasteiger partial charge >= 0.3 is 0 Å². The summed E-state index contributed by atoms with van der Waals surface area (Å²) >= 11 is 0. The van der Waals surface area contributed by atoms with Gasteiger partial charge in [0.05, 0.1) is 0 Å². The maximum absolute atomic E-state index is 5.79. The number of hydrogen-bond acceptors (Lipinski definition) is 3. The Bertz CT molecular complexity index is 565. The van der Waals surface area contributed by atoms with Crippen molar-refractivity contribution in [3.8, 4) is 5.75 Å². The first-order valence-electron chi connectivity index (χ1n) is 7.06. The molecule has 3 rings (SSSR count). The Morgan fingerprint density at radius 3 is 2.55 bits per heavy atom. The van der Waals surface area contributed by atoms with E-state index in [4.69, 9.17) is 10.5 Å². The van der Waals surface area contributed by atoms with Gasteiger partial charge in [-0.05, 0) is 17.2 Å². The van der Waals surface area contributed by atoms with Crippen LogP contribution in [0, 0.1) is 0 Å². The summed E-state index contributed by atoms with van der Waals surface area (Å²) < 4.78 is 5.79. The quantitative estimate of drug-likeness (QED) is 0.929. The number of fused-ring (bicyclic) bond motifs is 1. The third-order valence-corrected chi connectivity index (χ3v) is 3.70. The third-order valence-electron chi connectivity index (χ3n) is 3.70. The van der Waals surface area contributed by atoms with E-state index >= 15 is 0 Å². The van der Waals surface area contributed by atoms with E-state index in [0.29, 0.717) is 6.54 Å². The average Bonchev–Trinajstić information content (AvgIpc) is 2.69. The monoisotopic (exact) mass is 268 g/mol. The molecule has 0 aromatic heterocycles. The average molecular weight is 268 g/mol. The normalized spacial score (nSPS) is 15.2. The van der Waals surface area contributed by atoms with Gasteiger partial charge in [0.1, 0.15) is 12.4 Å². The maximum atomic E-state index is 5.79. The third kappa shape index (κ3) is 3.00. The van der Waals surface area contributed by atoms with Crippen LogP contribution in [0.4, 0.5) is 0 Å². The molecule has 104 valence electrons. The minimum absolute atomic E-state index is 0.602. The van der Waals surface area contributed by atoms with Crippen LogP contribution in [-0.2, 0) is 19.6 Å². The molecule has 0 spiro atoms. The molecule has 0 bridgehead atoms. The predicted molar refractivity (Wildman–Crippen MR) is 80.4 cm³/mol. The zero-order chi connectivity index (χ0) is 13.8. The summed E-state index contributed by atoms with van der Waals surface area (Å²) in [5, 5.41) is 0. The van der Waals surface area contributed by atoms with Crippen molar-refractivity contribution in [2.45, 2.75) is 19.6 Å². The zero-order valence-electron chi connectivity index (χ0n) is 11.6. The van der Waals surface area contributed by atoms with Crippen molar-refractivity contribution in [3.05, 3.63) is 65.2 Å². The van der Waals surface area contributed by atoms with Crippen molar-refractivity contribution < 1.29 is 4.74 Å². The molecule has 0 radical (unpaired) electrons. The first kappa shape index (κ1) is 13.2. The van der Waals surface area contributed by atoms with Gasteiger partial charge in [-0.25, -0.2) is 0 Å². The molecule has 0 atom stereocenters. The molecule has 0 aliphatic carbocycles. The molecule has 3 heteroatoms. The van der Waals surface area contributed by atoms with E-state index in [-0.39, 0.29) is 0 Å². The Balaban J connectivity index is 1.71. The molecule has 2 aromatic rings. The van der Waals surface area contributed by atoms with Crippen LogP contribution in [0.3, 0.4) is 0 Å². The fraction of sp³-hybridized carbons (Fsp3) is 0.294. The first-order valence-corrected chi connectivity index (χ1v) is 7.06. The molecule has 0 unspecified atom stereocenters. The Morgan fingerprint density at radius 1 is 1.00 bits per heavy atom. The van der Waals surface area contributed by atoms with Crippen LogP contribution in [0.5, 0.6) is 5.75 Å². The van der Waals surface area contributed by atoms with E-state index in [1.165, 1.54) is 16.7 Å². The second-order valence-corrected chi connectivity index (χ2v) is 5.19. The van der Waals surface area contributed by atoms with Crippen molar-refractivity contribution in [1.82, 2.24) is 4.90 Å². The highest BCUT2D eigenvalue weighted by molar-refractivity contribution is 5.34. The molecule has 2 aromatic carbocycles. The van der Waals surface area contributed by atoms with Gasteiger partial charge in [-0.1, -0.05) is 42.5 Å². The topological polar surface area (TPSA) is 38.5 Å². The highest BCUT2D eigenvalue weighted by Crippen LogP contribution is 2.23. The van der Waals surface area contributed by atoms with Crippen molar-refractivity contribution in [2.24, 2.45) is 5.73 Å². The molecule has 1 aliphatic rings. The molecule has 0 amide bonds. The summed E-state index contributed by atoms with van der Waals surface area (Å²) in [7, 11) is 0. The van der Waals surface area contributed by atoms with Crippen molar-refractivity contribution in [1.29, 1.82) is 0 Å². The van der Waals surface area contributed by atoms with Crippen molar-refractivity contribution in [3.63, 3.8) is 0 Å². The Labute approximate surface area is 120 Å². The van der Waals surface area contributed by atoms with Crippen LogP contribution >= 0.6 is 0 Å². The highest BCUT2D eigenvalue weighted by Gasteiger charge is 2.14. The summed E-state index contributed by atoms with van der Waals surface area (Å²) in [6.45, 7) is 4.19. The van der Waals surface area contributed by atoms with Gasteiger partial charge in [-0.15, -0.1) is 0 Å². The maximum Gasteiger partial charge on any atom is 0.123 e. The second-order valence-electron chi connectivity index (χ2n) is 5.19. The van der Waals surface area contributed by atoms with Gasteiger partial charge in [-0.3, -0.25) is 4.90 Å². The first-order chi connectivity index (χ1) is 9.85. The molecule has 1 aliphatic heterocycles. The summed E-state index contributed by atoms with van der Waals surface area (Å²) in [5.74, 6) is 1.02. The van der Waals surface area contributed by atoms with Crippen LogP contribution in [0.1, 0.15) is 16.7 Å². The fourth-order valence-electron chi connectivity index (χ4n) is 2.55. The lowest BCUT2D eigenvalue weighted by Gasteiger charge is -2.19. The van der Waals surface area contributed by atoms with Crippen LogP contribution in [-0.4, -0.2) is 18.1 Å². The molecule has 3 nitrogen and oxygen atoms in total.